The van der Waals surface area contributed by atoms with Crippen LogP contribution >= 0.6 is 11.6 Å². The number of nitrogens with zero attached hydrogens (tertiary/aromatic N) is 5. The minimum Gasteiger partial charge on any atom is -0.372 e. The molecule has 0 radical (unpaired) electrons. The first-order valence-electron chi connectivity index (χ1n) is 8.16. The predicted octanol–water partition coefficient (Wildman–Crippen LogP) is 2.38. The fourth-order valence-corrected chi connectivity index (χ4v) is 3.77. The normalized spacial score (nSPS) is 14.4. The molecule has 2 rings (SSSR count). The van der Waals surface area contributed by atoms with E-state index in [4.69, 9.17) is 16.3 Å². The smallest absolute Gasteiger partial charge is 0.240 e. The fourth-order valence-electron chi connectivity index (χ4n) is 2.54. The van der Waals surface area contributed by atoms with E-state index in [1.54, 1.807) is 4.57 Å². The van der Waals surface area contributed by atoms with Crippen molar-refractivity contribution in [2.24, 2.45) is 0 Å². The van der Waals surface area contributed by atoms with Crippen molar-refractivity contribution in [2.75, 3.05) is 11.8 Å². The molecule has 2 aromatic rings. The van der Waals surface area contributed by atoms with Crippen molar-refractivity contribution in [3.8, 4) is 0 Å². The van der Waals surface area contributed by atoms with Gasteiger partial charge >= 0.3 is 0 Å². The molecule has 0 unspecified atom stereocenters. The Morgan fingerprint density at radius 3 is 2.35 bits per heavy atom. The zero-order valence-electron chi connectivity index (χ0n) is 15.3. The van der Waals surface area contributed by atoms with Crippen molar-refractivity contribution in [1.82, 2.24) is 24.7 Å². The number of anilines is 1. The SMILES string of the molecule is CCc1nnc(NS(=O)(=O)[C@@H](C)[C@H](OC)c2ncc(Cl)cn2)n1C(C)C. The second kappa shape index (κ2) is 8.28. The third-order valence-electron chi connectivity index (χ3n) is 3.90. The van der Waals surface area contributed by atoms with Gasteiger partial charge in [-0.15, -0.1) is 10.2 Å². The number of hydrogen-bond donors (Lipinski definition) is 1. The molecule has 2 aromatic heterocycles. The second-order valence-corrected chi connectivity index (χ2v) is 8.50. The van der Waals surface area contributed by atoms with Crippen molar-refractivity contribution in [3.63, 3.8) is 0 Å². The van der Waals surface area contributed by atoms with E-state index in [-0.39, 0.29) is 17.8 Å². The summed E-state index contributed by atoms with van der Waals surface area (Å²) in [4.78, 5) is 8.12. The molecule has 0 amide bonds. The Morgan fingerprint density at radius 2 is 1.85 bits per heavy atom. The van der Waals surface area contributed by atoms with E-state index in [0.717, 1.165) is 0 Å². The van der Waals surface area contributed by atoms with Gasteiger partial charge in [0, 0.05) is 32.0 Å². The highest BCUT2D eigenvalue weighted by molar-refractivity contribution is 7.93. The minimum atomic E-state index is -3.85. The van der Waals surface area contributed by atoms with Crippen molar-refractivity contribution < 1.29 is 13.2 Å². The van der Waals surface area contributed by atoms with Gasteiger partial charge in [0.25, 0.3) is 0 Å². The summed E-state index contributed by atoms with van der Waals surface area (Å²) < 4.78 is 35.3. The van der Waals surface area contributed by atoms with E-state index in [1.807, 2.05) is 20.8 Å². The number of hydrogen-bond acceptors (Lipinski definition) is 7. The molecule has 2 heterocycles. The summed E-state index contributed by atoms with van der Waals surface area (Å²) >= 11 is 5.79. The molecule has 2 atom stereocenters. The lowest BCUT2D eigenvalue weighted by atomic mass is 10.2. The van der Waals surface area contributed by atoms with Crippen LogP contribution in [0.25, 0.3) is 0 Å². The molecule has 1 N–H and O–H groups in total. The van der Waals surface area contributed by atoms with Crippen LogP contribution in [0.5, 0.6) is 0 Å². The summed E-state index contributed by atoms with van der Waals surface area (Å²) in [6, 6.07) is 0.00535. The standard InChI is InChI=1S/C15H23ClN6O3S/c1-6-12-19-20-15(22(12)9(2)3)21-26(23,24)10(4)13(25-5)14-17-7-11(16)8-18-14/h7-10,13H,6H2,1-5H3,(H,20,21)/t10-,13-/m0/s1. The lowest BCUT2D eigenvalue weighted by molar-refractivity contribution is 0.0950. The summed E-state index contributed by atoms with van der Waals surface area (Å²) in [7, 11) is -2.44. The van der Waals surface area contributed by atoms with Crippen molar-refractivity contribution in [1.29, 1.82) is 0 Å². The zero-order valence-corrected chi connectivity index (χ0v) is 16.9. The molecule has 0 spiro atoms. The molecule has 0 aliphatic heterocycles. The van der Waals surface area contributed by atoms with Gasteiger partial charge in [-0.1, -0.05) is 18.5 Å². The van der Waals surface area contributed by atoms with Crippen molar-refractivity contribution in [2.45, 2.75) is 51.5 Å². The number of aryl methyl sites for hydroxylation is 1. The number of nitrogens with one attached hydrogen (secondary N) is 1. The fraction of sp³-hybridized carbons (Fsp3) is 0.600. The van der Waals surface area contributed by atoms with Crippen LogP contribution in [0.15, 0.2) is 12.4 Å². The molecular formula is C15H23ClN6O3S. The van der Waals surface area contributed by atoms with Gasteiger partial charge in [-0.3, -0.25) is 9.29 Å². The monoisotopic (exact) mass is 402 g/mol. The molecule has 0 aromatic carbocycles. The first kappa shape index (κ1) is 20.5. The lowest BCUT2D eigenvalue weighted by Gasteiger charge is -2.22. The van der Waals surface area contributed by atoms with Gasteiger partial charge in [-0.2, -0.15) is 0 Å². The quantitative estimate of drug-likeness (QED) is 0.721. The summed E-state index contributed by atoms with van der Waals surface area (Å²) in [6.45, 7) is 7.32. The van der Waals surface area contributed by atoms with Crippen LogP contribution in [0.1, 0.15) is 51.5 Å². The molecule has 0 saturated heterocycles. The molecule has 0 aliphatic rings. The molecule has 0 aliphatic carbocycles. The average Bonchev–Trinajstić information content (AvgIpc) is 2.99. The number of halogens is 1. The van der Waals surface area contributed by atoms with Crippen LogP contribution in [-0.2, 0) is 21.2 Å². The van der Waals surface area contributed by atoms with Gasteiger partial charge in [0.2, 0.25) is 16.0 Å². The van der Waals surface area contributed by atoms with Gasteiger partial charge in [0.15, 0.2) is 5.82 Å². The van der Waals surface area contributed by atoms with Crippen LogP contribution < -0.4 is 4.72 Å². The molecule has 9 nitrogen and oxygen atoms in total. The number of methoxy groups -OCH3 is 1. The highest BCUT2D eigenvalue weighted by Crippen LogP contribution is 2.25. The van der Waals surface area contributed by atoms with E-state index in [1.165, 1.54) is 26.4 Å². The largest absolute Gasteiger partial charge is 0.372 e. The van der Waals surface area contributed by atoms with Crippen molar-refractivity contribution >= 4 is 27.6 Å². The third kappa shape index (κ3) is 4.30. The summed E-state index contributed by atoms with van der Waals surface area (Å²) in [5.74, 6) is 1.11. The number of sulfonamides is 1. The van der Waals surface area contributed by atoms with Crippen LogP contribution in [0.3, 0.4) is 0 Å². The van der Waals surface area contributed by atoms with Crippen LogP contribution in [0, 0.1) is 0 Å². The maximum Gasteiger partial charge on any atom is 0.240 e. The molecule has 0 bridgehead atoms. The molecule has 11 heteroatoms. The van der Waals surface area contributed by atoms with Gasteiger partial charge in [-0.25, -0.2) is 18.4 Å². The topological polar surface area (TPSA) is 112 Å². The average molecular weight is 403 g/mol. The summed E-state index contributed by atoms with van der Waals surface area (Å²) in [5.41, 5.74) is 0. The predicted molar refractivity (Wildman–Crippen MR) is 98.6 cm³/mol. The van der Waals surface area contributed by atoms with E-state index in [0.29, 0.717) is 17.3 Å². The Kier molecular flexibility index (Phi) is 6.53. The highest BCUT2D eigenvalue weighted by atomic mass is 35.5. The van der Waals surface area contributed by atoms with E-state index >= 15 is 0 Å². The lowest BCUT2D eigenvalue weighted by Crippen LogP contribution is -2.33. The zero-order chi connectivity index (χ0) is 19.5. The van der Waals surface area contributed by atoms with E-state index in [9.17, 15) is 8.42 Å². The maximum absolute atomic E-state index is 12.9. The Bertz CT molecular complexity index is 838. The van der Waals surface area contributed by atoms with Crippen LogP contribution in [0.2, 0.25) is 5.02 Å². The first-order valence-corrected chi connectivity index (χ1v) is 10.1. The Labute approximate surface area is 158 Å². The maximum atomic E-state index is 12.9. The van der Waals surface area contributed by atoms with Gasteiger partial charge in [0.05, 0.1) is 5.02 Å². The number of rotatable bonds is 8. The van der Waals surface area contributed by atoms with Crippen LogP contribution in [0.4, 0.5) is 5.95 Å². The number of ether oxygens (including phenoxy) is 1. The number of aromatic nitrogens is 5. The third-order valence-corrected chi connectivity index (χ3v) is 5.79. The molecule has 144 valence electrons. The second-order valence-electron chi connectivity index (χ2n) is 6.03. The first-order chi connectivity index (χ1) is 12.2. The molecule has 0 saturated carbocycles. The van der Waals surface area contributed by atoms with E-state index < -0.39 is 21.4 Å². The van der Waals surface area contributed by atoms with Gasteiger partial charge < -0.3 is 4.74 Å². The Balaban J connectivity index is 2.31. The summed E-state index contributed by atoms with van der Waals surface area (Å²) in [5, 5.41) is 7.41. The molecular weight excluding hydrogens is 380 g/mol. The van der Waals surface area contributed by atoms with E-state index in [2.05, 4.69) is 24.9 Å². The summed E-state index contributed by atoms with van der Waals surface area (Å²) in [6.07, 6.45) is 2.56. The van der Waals surface area contributed by atoms with Gasteiger partial charge in [-0.05, 0) is 20.8 Å². The van der Waals surface area contributed by atoms with Crippen molar-refractivity contribution in [3.05, 3.63) is 29.1 Å². The molecule has 0 fully saturated rings. The Morgan fingerprint density at radius 1 is 1.23 bits per heavy atom. The minimum absolute atomic E-state index is 0.00535. The van der Waals surface area contributed by atoms with Crippen LogP contribution in [-0.4, -0.2) is 45.5 Å². The van der Waals surface area contributed by atoms with Gasteiger partial charge in [0.1, 0.15) is 17.2 Å². The highest BCUT2D eigenvalue weighted by Gasteiger charge is 2.34. The Hall–Kier alpha value is -1.78. The molecule has 26 heavy (non-hydrogen) atoms.